The summed E-state index contributed by atoms with van der Waals surface area (Å²) in [6, 6.07) is 3.15. The molecule has 10 nitrogen and oxygen atoms in total. The maximum absolute atomic E-state index is 14.1. The van der Waals surface area contributed by atoms with Crippen molar-refractivity contribution in [1.29, 1.82) is 0 Å². The summed E-state index contributed by atoms with van der Waals surface area (Å²) in [5.41, 5.74) is -6.86. The molecule has 1 aliphatic carbocycles. The Labute approximate surface area is 282 Å². The van der Waals surface area contributed by atoms with Crippen molar-refractivity contribution in [2.75, 3.05) is 23.3 Å². The van der Waals surface area contributed by atoms with Gasteiger partial charge in [0.1, 0.15) is 27.2 Å². The van der Waals surface area contributed by atoms with Crippen LogP contribution in [0.4, 0.5) is 17.5 Å². The Morgan fingerprint density at radius 3 is 1.96 bits per heavy atom. The predicted octanol–water partition coefficient (Wildman–Crippen LogP) is -4.12. The number of anilines is 3. The molecule has 1 aliphatic heterocycles. The second-order valence-electron chi connectivity index (χ2n) is 12.2. The number of hydrogen-bond donors (Lipinski definition) is 3. The number of nitrogens with one attached hydrogen (secondary N) is 2. The highest BCUT2D eigenvalue weighted by molar-refractivity contribution is 6.65. The number of ketones is 1. The lowest BCUT2D eigenvalue weighted by Gasteiger charge is -2.56. The van der Waals surface area contributed by atoms with Crippen molar-refractivity contribution in [3.05, 3.63) is 46.0 Å². The van der Waals surface area contributed by atoms with Gasteiger partial charge in [-0.3, -0.25) is 14.2 Å². The normalized spacial score (nSPS) is 27.2. The Morgan fingerprint density at radius 2 is 1.48 bits per heavy atom. The van der Waals surface area contributed by atoms with Gasteiger partial charge < -0.3 is 20.6 Å². The molecule has 3 aromatic rings. The molecule has 1 saturated carbocycles. The average molecular weight is 581 g/mol. The number of aromatic nitrogens is 4. The number of fused-ring (bicyclic) bond motifs is 1. The van der Waals surface area contributed by atoms with Crippen molar-refractivity contribution in [3.8, 4) is 0 Å². The minimum Gasteiger partial charge on any atom is -0.402 e. The Kier molecular flexibility index (Phi) is 7.89. The van der Waals surface area contributed by atoms with E-state index in [4.69, 9.17) is 94.2 Å². The number of pyridine rings is 2. The summed E-state index contributed by atoms with van der Waals surface area (Å²) in [7, 11) is 75.2. The van der Waals surface area contributed by atoms with Gasteiger partial charge in [-0.15, -0.1) is 0 Å². The quantitative estimate of drug-likeness (QED) is 0.204. The fourth-order valence-corrected chi connectivity index (χ4v) is 6.28. The van der Waals surface area contributed by atoms with E-state index in [0.717, 1.165) is 6.92 Å². The van der Waals surface area contributed by atoms with Gasteiger partial charge in [0.2, 0.25) is 5.95 Å². The zero-order chi connectivity index (χ0) is 34.6. The molecule has 2 atom stereocenters. The maximum Gasteiger partial charge on any atom is 0.263 e. The van der Waals surface area contributed by atoms with Crippen molar-refractivity contribution < 1.29 is 9.90 Å². The molecule has 2 unspecified atom stereocenters. The van der Waals surface area contributed by atoms with Gasteiger partial charge in [0.25, 0.3) is 5.56 Å². The van der Waals surface area contributed by atoms with E-state index >= 15 is 0 Å². The van der Waals surface area contributed by atoms with Gasteiger partial charge in [0, 0.05) is 30.2 Å². The molecule has 202 valence electrons. The standard InChI is InChI=1S/C24H17B12N7O3/c1-9-12-6-39-17(40-13-4-3-11(5-38-13)43-18(25,26)7-37-8-19(43,27)28)41-15(12)42(16(45)14(9)10(2)44)23(35)20(29,30)21(31,32)24(36,46)22(23,33)34/h3-6,37,46H,7-8H2,1-2H3,(H,38,39,40,41). The predicted molar refractivity (Wildman–Crippen MR) is 187 cm³/mol. The molecule has 22 heteroatoms. The van der Waals surface area contributed by atoms with Gasteiger partial charge >= 0.3 is 0 Å². The lowest BCUT2D eigenvalue weighted by Crippen LogP contribution is -2.74. The van der Waals surface area contributed by atoms with Crippen LogP contribution in [0.1, 0.15) is 22.8 Å². The maximum atomic E-state index is 14.1. The largest absolute Gasteiger partial charge is 0.402 e. The molecule has 1 saturated heterocycles. The number of aryl methyl sites for hydroxylation is 1. The van der Waals surface area contributed by atoms with Crippen molar-refractivity contribution in [1.82, 2.24) is 24.8 Å². The molecule has 0 amide bonds. The second-order valence-corrected chi connectivity index (χ2v) is 12.2. The molecular weight excluding hydrogens is 564 g/mol. The van der Waals surface area contributed by atoms with Gasteiger partial charge in [-0.2, -0.15) is 4.98 Å². The van der Waals surface area contributed by atoms with Crippen LogP contribution in [-0.4, -0.2) is 154 Å². The Balaban J connectivity index is 1.68. The van der Waals surface area contributed by atoms with Crippen LogP contribution in [0.2, 0.25) is 15.6 Å². The first kappa shape index (κ1) is 34.7. The molecule has 24 radical (unpaired) electrons. The van der Waals surface area contributed by atoms with Crippen LogP contribution in [0, 0.1) is 6.92 Å². The Bertz CT molecular complexity index is 1770. The summed E-state index contributed by atoms with van der Waals surface area (Å²) in [6.45, 7) is 3.03. The van der Waals surface area contributed by atoms with Gasteiger partial charge in [-0.05, 0) is 47.7 Å². The number of Topliss-reactive ketones (excluding diaryl/α,β-unsaturated/α-hetero) is 1. The van der Waals surface area contributed by atoms with Crippen LogP contribution in [0.25, 0.3) is 11.0 Å². The summed E-state index contributed by atoms with van der Waals surface area (Å²) < 4.78 is 0.656. The van der Waals surface area contributed by atoms with Crippen LogP contribution in [0.15, 0.2) is 29.3 Å². The minimum atomic E-state index is -2.98. The highest BCUT2D eigenvalue weighted by atomic mass is 16.3. The van der Waals surface area contributed by atoms with Gasteiger partial charge in [-0.1, -0.05) is 15.6 Å². The van der Waals surface area contributed by atoms with Gasteiger partial charge in [0.05, 0.1) is 95.9 Å². The van der Waals surface area contributed by atoms with Crippen LogP contribution < -0.4 is 21.1 Å². The van der Waals surface area contributed by atoms with E-state index in [2.05, 4.69) is 25.6 Å². The zero-order valence-electron chi connectivity index (χ0n) is 25.2. The molecule has 2 fully saturated rings. The van der Waals surface area contributed by atoms with E-state index < -0.39 is 48.6 Å². The summed E-state index contributed by atoms with van der Waals surface area (Å²) >= 11 is 0. The number of aliphatic hydroxyl groups is 1. The monoisotopic (exact) mass is 583 g/mol. The molecule has 0 spiro atoms. The average Bonchev–Trinajstić information content (AvgIpc) is 2.96. The topological polar surface area (TPSA) is 125 Å². The number of carbonyl (C=O) groups is 1. The number of nitrogens with zero attached hydrogens (tertiary/aromatic N) is 5. The van der Waals surface area contributed by atoms with Crippen LogP contribution >= 0.6 is 0 Å². The van der Waals surface area contributed by atoms with E-state index in [1.165, 1.54) is 30.3 Å². The fraction of sp³-hybridized carbons (Fsp3) is 0.458. The van der Waals surface area contributed by atoms with Crippen LogP contribution in [0.5, 0.6) is 0 Å². The smallest absolute Gasteiger partial charge is 0.263 e. The lowest BCUT2D eigenvalue weighted by molar-refractivity contribution is 0.101. The van der Waals surface area contributed by atoms with E-state index in [0.29, 0.717) is 10.3 Å². The third kappa shape index (κ3) is 4.44. The molecule has 2 aliphatic rings. The second kappa shape index (κ2) is 10.5. The first-order valence-electron chi connectivity index (χ1n) is 13.8. The Hall–Kier alpha value is -2.59. The van der Waals surface area contributed by atoms with Gasteiger partial charge in [-0.25, -0.2) is 9.97 Å². The first-order chi connectivity index (χ1) is 20.9. The first-order valence-corrected chi connectivity index (χ1v) is 13.8. The molecule has 0 aromatic carbocycles. The number of carbonyl (C=O) groups excluding carboxylic acids is 1. The molecule has 5 rings (SSSR count). The molecule has 46 heavy (non-hydrogen) atoms. The van der Waals surface area contributed by atoms with Crippen LogP contribution in [0.3, 0.4) is 0 Å². The van der Waals surface area contributed by atoms with Crippen molar-refractivity contribution in [2.45, 2.75) is 51.1 Å². The zero-order valence-corrected chi connectivity index (χ0v) is 25.2. The van der Waals surface area contributed by atoms with E-state index in [1.54, 1.807) is 6.07 Å². The summed E-state index contributed by atoms with van der Waals surface area (Å²) in [5.74, 6) is -0.583. The van der Waals surface area contributed by atoms with Gasteiger partial charge in [0.15, 0.2) is 5.78 Å². The highest BCUT2D eigenvalue weighted by Crippen LogP contribution is 2.75. The molecule has 3 N–H and O–H groups in total. The minimum absolute atomic E-state index is 0.130. The SMILES string of the molecule is [B]C1([B])CNCC([B])([B])N1c1ccc(Nc2ncc3c(C)c(C(C)=O)c(=O)n(C4([B])C([B])([B])C([B])([B])C([B])(O)C4([B])[B])c3n2)nc1. The summed E-state index contributed by atoms with van der Waals surface area (Å²) in [5, 5.41) is 6.08. The molecule has 0 bridgehead atoms. The fourth-order valence-electron chi connectivity index (χ4n) is 6.28. The third-order valence-corrected chi connectivity index (χ3v) is 8.98. The molecular formula is C24H17B12N7O3. The van der Waals surface area contributed by atoms with E-state index in [9.17, 15) is 14.7 Å². The number of rotatable bonds is 5. The van der Waals surface area contributed by atoms with Crippen molar-refractivity contribution in [2.24, 2.45) is 0 Å². The van der Waals surface area contributed by atoms with E-state index in [1.807, 2.05) is 0 Å². The highest BCUT2D eigenvalue weighted by Gasteiger charge is 2.72. The third-order valence-electron chi connectivity index (χ3n) is 8.98. The Morgan fingerprint density at radius 1 is 0.891 bits per heavy atom. The van der Waals surface area contributed by atoms with E-state index in [-0.39, 0.29) is 47.0 Å². The summed E-state index contributed by atoms with van der Waals surface area (Å²) in [6.07, 6.45) is 2.71. The van der Waals surface area contributed by atoms with Crippen molar-refractivity contribution >= 4 is 128 Å². The summed E-state index contributed by atoms with van der Waals surface area (Å²) in [4.78, 5) is 41.3. The lowest BCUT2D eigenvalue weighted by atomic mass is 9.23. The van der Waals surface area contributed by atoms with Crippen molar-refractivity contribution in [3.63, 3.8) is 0 Å². The molecule has 3 aromatic heterocycles. The number of piperazine rings is 1. The number of hydrogen-bond acceptors (Lipinski definition) is 9. The van der Waals surface area contributed by atoms with Crippen LogP contribution in [-0.2, 0) is 5.44 Å². The molecule has 4 heterocycles.